The smallest absolute Gasteiger partial charge is 0.191 e. The van der Waals surface area contributed by atoms with E-state index in [1.807, 2.05) is 12.1 Å². The van der Waals surface area contributed by atoms with Crippen LogP contribution in [0.2, 0.25) is 0 Å². The van der Waals surface area contributed by atoms with Crippen molar-refractivity contribution in [2.24, 2.45) is 4.99 Å². The van der Waals surface area contributed by atoms with Gasteiger partial charge in [-0.3, -0.25) is 4.99 Å². The topological polar surface area (TPSA) is 48.9 Å². The van der Waals surface area contributed by atoms with Gasteiger partial charge in [-0.1, -0.05) is 18.2 Å². The molecule has 0 heterocycles. The second-order valence-electron chi connectivity index (χ2n) is 6.76. The molecule has 6 heteroatoms. The van der Waals surface area contributed by atoms with Crippen LogP contribution in [0.4, 0.5) is 4.39 Å². The molecule has 1 aromatic carbocycles. The van der Waals surface area contributed by atoms with Gasteiger partial charge >= 0.3 is 0 Å². The normalized spacial score (nSPS) is 16.1. The van der Waals surface area contributed by atoms with Crippen molar-refractivity contribution in [1.29, 1.82) is 0 Å². The average Bonchev–Trinajstić information content (AvgIpc) is 3.39. The van der Waals surface area contributed by atoms with Crippen LogP contribution in [0.15, 0.2) is 29.3 Å². The highest BCUT2D eigenvalue weighted by Gasteiger charge is 2.45. The molecule has 0 bridgehead atoms. The van der Waals surface area contributed by atoms with Crippen molar-refractivity contribution < 1.29 is 9.13 Å². The van der Waals surface area contributed by atoms with E-state index >= 15 is 0 Å². The van der Waals surface area contributed by atoms with Gasteiger partial charge in [0.25, 0.3) is 0 Å². The third-order valence-electron chi connectivity index (χ3n) is 4.79. The van der Waals surface area contributed by atoms with Crippen molar-refractivity contribution in [2.75, 3.05) is 54.0 Å². The van der Waals surface area contributed by atoms with Gasteiger partial charge in [-0.2, -0.15) is 0 Å². The summed E-state index contributed by atoms with van der Waals surface area (Å²) in [5.74, 6) is 0.662. The summed E-state index contributed by atoms with van der Waals surface area (Å²) in [6.07, 6.45) is 3.06. The van der Waals surface area contributed by atoms with Gasteiger partial charge in [0.2, 0.25) is 0 Å². The van der Waals surface area contributed by atoms with Gasteiger partial charge in [-0.25, -0.2) is 4.39 Å². The average molecular weight is 350 g/mol. The monoisotopic (exact) mass is 350 g/mol. The number of halogens is 1. The van der Waals surface area contributed by atoms with E-state index in [0.29, 0.717) is 6.54 Å². The molecule has 25 heavy (non-hydrogen) atoms. The Morgan fingerprint density at radius 2 is 2.04 bits per heavy atom. The molecule has 0 atom stereocenters. The lowest BCUT2D eigenvalue weighted by molar-refractivity contribution is 0.180. The number of benzene rings is 1. The van der Waals surface area contributed by atoms with Gasteiger partial charge in [-0.15, -0.1) is 0 Å². The maximum absolute atomic E-state index is 14.1. The number of ether oxygens (including phenoxy) is 1. The molecule has 0 saturated heterocycles. The van der Waals surface area contributed by atoms with E-state index in [1.165, 1.54) is 0 Å². The van der Waals surface area contributed by atoms with Crippen LogP contribution in [-0.2, 0) is 10.2 Å². The van der Waals surface area contributed by atoms with Crippen LogP contribution >= 0.6 is 0 Å². The third kappa shape index (κ3) is 5.97. The van der Waals surface area contributed by atoms with Crippen molar-refractivity contribution in [1.82, 2.24) is 15.5 Å². The lowest BCUT2D eigenvalue weighted by atomic mass is 9.95. The maximum atomic E-state index is 14.1. The van der Waals surface area contributed by atoms with Crippen molar-refractivity contribution in [2.45, 2.75) is 24.7 Å². The fourth-order valence-electron chi connectivity index (χ4n) is 3.01. The van der Waals surface area contributed by atoms with Crippen LogP contribution in [0.25, 0.3) is 0 Å². The molecule has 0 radical (unpaired) electrons. The zero-order valence-corrected chi connectivity index (χ0v) is 15.6. The second kappa shape index (κ2) is 9.73. The molecule has 0 aliphatic heterocycles. The van der Waals surface area contributed by atoms with Gasteiger partial charge < -0.3 is 20.3 Å². The Morgan fingerprint density at radius 1 is 1.28 bits per heavy atom. The minimum Gasteiger partial charge on any atom is -0.385 e. The predicted molar refractivity (Wildman–Crippen MR) is 101 cm³/mol. The molecule has 1 aromatic rings. The van der Waals surface area contributed by atoms with Crippen LogP contribution in [0.5, 0.6) is 0 Å². The molecule has 0 spiro atoms. The summed E-state index contributed by atoms with van der Waals surface area (Å²) in [7, 11) is 5.59. The van der Waals surface area contributed by atoms with Crippen LogP contribution in [-0.4, -0.2) is 64.9 Å². The molecular weight excluding hydrogens is 319 g/mol. The van der Waals surface area contributed by atoms with Gasteiger partial charge in [0.15, 0.2) is 5.96 Å². The largest absolute Gasteiger partial charge is 0.385 e. The number of methoxy groups -OCH3 is 1. The van der Waals surface area contributed by atoms with E-state index in [9.17, 15) is 4.39 Å². The Kier molecular flexibility index (Phi) is 7.65. The van der Waals surface area contributed by atoms with Gasteiger partial charge in [-0.05, 0) is 37.9 Å². The number of aliphatic imine (C=N–C) groups is 1. The highest BCUT2D eigenvalue weighted by Crippen LogP contribution is 2.48. The van der Waals surface area contributed by atoms with Gasteiger partial charge in [0.05, 0.1) is 0 Å². The molecule has 0 amide bonds. The molecule has 5 nitrogen and oxygen atoms in total. The van der Waals surface area contributed by atoms with E-state index in [1.54, 1.807) is 26.3 Å². The summed E-state index contributed by atoms with van der Waals surface area (Å²) < 4.78 is 19.1. The summed E-state index contributed by atoms with van der Waals surface area (Å²) in [6, 6.07) is 7.09. The predicted octanol–water partition coefficient (Wildman–Crippen LogP) is 1.99. The molecule has 1 aliphatic rings. The fraction of sp³-hybridized carbons (Fsp3) is 0.632. The summed E-state index contributed by atoms with van der Waals surface area (Å²) in [4.78, 5) is 6.53. The summed E-state index contributed by atoms with van der Waals surface area (Å²) in [5, 5.41) is 6.69. The number of hydrogen-bond donors (Lipinski definition) is 2. The second-order valence-corrected chi connectivity index (χ2v) is 6.76. The summed E-state index contributed by atoms with van der Waals surface area (Å²) >= 11 is 0. The quantitative estimate of drug-likeness (QED) is 0.385. The molecule has 1 saturated carbocycles. The summed E-state index contributed by atoms with van der Waals surface area (Å²) in [5.41, 5.74) is 0.732. The molecule has 140 valence electrons. The van der Waals surface area contributed by atoms with Crippen LogP contribution in [0.1, 0.15) is 24.8 Å². The molecule has 2 rings (SSSR count). The van der Waals surface area contributed by atoms with Crippen LogP contribution in [0, 0.1) is 5.82 Å². The number of hydrogen-bond acceptors (Lipinski definition) is 3. The Labute approximate surface area is 150 Å². The third-order valence-corrected chi connectivity index (χ3v) is 4.79. The van der Waals surface area contributed by atoms with Crippen molar-refractivity contribution in [3.8, 4) is 0 Å². The Hall–Kier alpha value is -1.66. The molecule has 1 aliphatic carbocycles. The molecule has 0 aromatic heterocycles. The van der Waals surface area contributed by atoms with Gasteiger partial charge in [0, 0.05) is 52.4 Å². The Bertz CT molecular complexity index is 560. The number of likely N-dealkylation sites (N-methyl/N-ethyl adjacent to an activating group) is 1. The number of rotatable bonds is 10. The van der Waals surface area contributed by atoms with Crippen molar-refractivity contribution in [3.05, 3.63) is 35.6 Å². The highest BCUT2D eigenvalue weighted by molar-refractivity contribution is 5.79. The first-order valence-electron chi connectivity index (χ1n) is 8.98. The van der Waals surface area contributed by atoms with Gasteiger partial charge in [0.1, 0.15) is 5.82 Å². The number of nitrogens with zero attached hydrogens (tertiary/aromatic N) is 2. The van der Waals surface area contributed by atoms with Crippen molar-refractivity contribution in [3.63, 3.8) is 0 Å². The zero-order valence-electron chi connectivity index (χ0n) is 15.6. The minimum absolute atomic E-state index is 0.0834. The Balaban J connectivity index is 1.73. The molecule has 1 fully saturated rings. The van der Waals surface area contributed by atoms with E-state index < -0.39 is 0 Å². The van der Waals surface area contributed by atoms with Crippen molar-refractivity contribution >= 4 is 5.96 Å². The first-order chi connectivity index (χ1) is 12.1. The van der Waals surface area contributed by atoms with E-state index in [2.05, 4.69) is 27.6 Å². The van der Waals surface area contributed by atoms with E-state index in [0.717, 1.165) is 57.0 Å². The zero-order chi connectivity index (χ0) is 18.1. The number of nitrogens with one attached hydrogen (secondary N) is 2. The van der Waals surface area contributed by atoms with Crippen LogP contribution < -0.4 is 10.6 Å². The standard InChI is InChI=1S/C19H31FN4O/c1-21-18(22-11-13-24(2)12-6-14-25-3)23-15-19(9-10-19)16-7-4-5-8-17(16)20/h4-5,7-8H,6,9-15H2,1-3H3,(H2,21,22,23). The van der Waals surface area contributed by atoms with Crippen LogP contribution in [0.3, 0.4) is 0 Å². The van der Waals surface area contributed by atoms with E-state index in [-0.39, 0.29) is 11.2 Å². The summed E-state index contributed by atoms with van der Waals surface area (Å²) in [6.45, 7) is 4.26. The van der Waals surface area contributed by atoms with E-state index in [4.69, 9.17) is 4.74 Å². The SMILES string of the molecule is CN=C(NCCN(C)CCCOC)NCC1(c2ccccc2F)CC1. The molecule has 2 N–H and O–H groups in total. The fourth-order valence-corrected chi connectivity index (χ4v) is 3.01. The first-order valence-corrected chi connectivity index (χ1v) is 8.98. The first kappa shape index (κ1) is 19.7. The lowest BCUT2D eigenvalue weighted by Gasteiger charge is -2.21. The lowest BCUT2D eigenvalue weighted by Crippen LogP contribution is -2.43. The number of guanidine groups is 1. The minimum atomic E-state index is -0.109. The highest BCUT2D eigenvalue weighted by atomic mass is 19.1. The Morgan fingerprint density at radius 3 is 2.68 bits per heavy atom. The molecule has 0 unspecified atom stereocenters. The molecular formula is C19H31FN4O. The maximum Gasteiger partial charge on any atom is 0.191 e.